The third-order valence-electron chi connectivity index (χ3n) is 3.66. The molecule has 0 atom stereocenters. The van der Waals surface area contributed by atoms with E-state index in [1.54, 1.807) is 12.1 Å². The van der Waals surface area contributed by atoms with Crippen LogP contribution in [0.15, 0.2) is 42.0 Å². The molecule has 0 saturated heterocycles. The quantitative estimate of drug-likeness (QED) is 0.527. The Kier molecular flexibility index (Phi) is 6.07. The zero-order valence-corrected chi connectivity index (χ0v) is 14.6. The van der Waals surface area contributed by atoms with E-state index in [9.17, 15) is 36.2 Å². The smallest absolute Gasteiger partial charge is 0.416 e. The first-order valence-corrected chi connectivity index (χ1v) is 7.81. The molecular formula is C19H9F6N3O2. The van der Waals surface area contributed by atoms with Crippen LogP contribution in [-0.2, 0) is 12.4 Å². The number of amides is 1. The van der Waals surface area contributed by atoms with Crippen molar-refractivity contribution in [1.29, 1.82) is 10.5 Å². The Bertz CT molecular complexity index is 1060. The summed E-state index contributed by atoms with van der Waals surface area (Å²) in [6.07, 6.45) is -9.13. The number of anilines is 1. The lowest BCUT2D eigenvalue weighted by molar-refractivity contribution is -0.143. The van der Waals surface area contributed by atoms with Crippen molar-refractivity contribution in [2.45, 2.75) is 12.4 Å². The summed E-state index contributed by atoms with van der Waals surface area (Å²) in [5.74, 6) is -1.83. The fraction of sp³-hybridized carbons (Fsp3) is 0.105. The summed E-state index contributed by atoms with van der Waals surface area (Å²) in [5, 5.41) is 29.2. The van der Waals surface area contributed by atoms with E-state index in [0.29, 0.717) is 12.1 Å². The van der Waals surface area contributed by atoms with E-state index < -0.39 is 46.4 Å². The molecule has 0 unspecified atom stereocenters. The maximum atomic E-state index is 12.9. The molecule has 2 rings (SSSR count). The number of hydrogen-bond acceptors (Lipinski definition) is 4. The number of aromatic hydroxyl groups is 1. The highest BCUT2D eigenvalue weighted by molar-refractivity contribution is 6.06. The molecule has 30 heavy (non-hydrogen) atoms. The van der Waals surface area contributed by atoms with Crippen LogP contribution in [0.1, 0.15) is 27.0 Å². The van der Waals surface area contributed by atoms with Crippen LogP contribution in [0.3, 0.4) is 0 Å². The summed E-state index contributed by atoms with van der Waals surface area (Å²) in [4.78, 5) is 12.3. The molecule has 0 aliphatic rings. The molecule has 154 valence electrons. The van der Waals surface area contributed by atoms with Crippen LogP contribution < -0.4 is 5.32 Å². The molecule has 11 heteroatoms. The van der Waals surface area contributed by atoms with E-state index in [2.05, 4.69) is 0 Å². The first kappa shape index (κ1) is 22.3. The molecule has 0 saturated carbocycles. The van der Waals surface area contributed by atoms with Crippen molar-refractivity contribution < 1.29 is 36.2 Å². The minimum absolute atomic E-state index is 0.0934. The predicted octanol–water partition coefficient (Wildman–Crippen LogP) is 5.11. The molecule has 0 fully saturated rings. The number of phenols is 1. The van der Waals surface area contributed by atoms with Crippen molar-refractivity contribution in [3.8, 4) is 17.9 Å². The molecule has 5 nitrogen and oxygen atoms in total. The molecule has 0 aliphatic carbocycles. The number of nitrogens with zero attached hydrogens (tertiary/aromatic N) is 2. The maximum absolute atomic E-state index is 12.9. The van der Waals surface area contributed by atoms with Crippen LogP contribution in [0.2, 0.25) is 0 Å². The average molecular weight is 425 g/mol. The topological polar surface area (TPSA) is 96.9 Å². The Balaban J connectivity index is 2.47. The highest BCUT2D eigenvalue weighted by Crippen LogP contribution is 2.37. The SMILES string of the molecule is N#CC(C#N)=Cc1ccc(O)c(C(=O)Nc2cc(C(F)(F)F)cc(C(F)(F)F)c2)c1. The summed E-state index contributed by atoms with van der Waals surface area (Å²) >= 11 is 0. The van der Waals surface area contributed by atoms with Gasteiger partial charge >= 0.3 is 12.4 Å². The largest absolute Gasteiger partial charge is 0.507 e. The van der Waals surface area contributed by atoms with E-state index in [1.807, 2.05) is 5.32 Å². The van der Waals surface area contributed by atoms with Gasteiger partial charge in [0.1, 0.15) is 23.5 Å². The number of carbonyl (C=O) groups is 1. The first-order chi connectivity index (χ1) is 13.8. The van der Waals surface area contributed by atoms with Gasteiger partial charge in [0.2, 0.25) is 0 Å². The van der Waals surface area contributed by atoms with Crippen molar-refractivity contribution in [3.05, 3.63) is 64.2 Å². The molecule has 0 spiro atoms. The maximum Gasteiger partial charge on any atom is 0.416 e. The zero-order valence-electron chi connectivity index (χ0n) is 14.6. The molecule has 0 aromatic heterocycles. The lowest BCUT2D eigenvalue weighted by Gasteiger charge is -2.15. The van der Waals surface area contributed by atoms with Gasteiger partial charge in [-0.05, 0) is 42.0 Å². The van der Waals surface area contributed by atoms with Gasteiger partial charge in [-0.3, -0.25) is 4.79 Å². The van der Waals surface area contributed by atoms with Gasteiger partial charge in [0, 0.05) is 5.69 Å². The summed E-state index contributed by atoms with van der Waals surface area (Å²) in [6.45, 7) is 0. The highest BCUT2D eigenvalue weighted by Gasteiger charge is 2.37. The molecule has 0 aliphatic heterocycles. The second-order valence-electron chi connectivity index (χ2n) is 5.81. The van der Waals surface area contributed by atoms with E-state index in [1.165, 1.54) is 6.07 Å². The van der Waals surface area contributed by atoms with Gasteiger partial charge in [-0.25, -0.2) is 0 Å². The van der Waals surface area contributed by atoms with Crippen molar-refractivity contribution in [3.63, 3.8) is 0 Å². The van der Waals surface area contributed by atoms with Gasteiger partial charge in [-0.15, -0.1) is 0 Å². The van der Waals surface area contributed by atoms with Crippen LogP contribution >= 0.6 is 0 Å². The van der Waals surface area contributed by atoms with E-state index in [4.69, 9.17) is 10.5 Å². The van der Waals surface area contributed by atoms with Gasteiger partial charge in [0.15, 0.2) is 0 Å². The summed E-state index contributed by atoms with van der Waals surface area (Å²) < 4.78 is 77.5. The Labute approximate surface area is 165 Å². The minimum atomic E-state index is -5.10. The van der Waals surface area contributed by atoms with Crippen LogP contribution in [0.25, 0.3) is 6.08 Å². The molecule has 0 heterocycles. The Hall–Kier alpha value is -3.99. The van der Waals surface area contributed by atoms with E-state index >= 15 is 0 Å². The summed E-state index contributed by atoms with van der Waals surface area (Å²) in [6, 6.07) is 6.94. The van der Waals surface area contributed by atoms with Crippen LogP contribution in [0.4, 0.5) is 32.0 Å². The lowest BCUT2D eigenvalue weighted by Crippen LogP contribution is -2.16. The minimum Gasteiger partial charge on any atom is -0.507 e. The molecule has 1 amide bonds. The first-order valence-electron chi connectivity index (χ1n) is 7.81. The Morgan fingerprint density at radius 3 is 1.93 bits per heavy atom. The number of phenolic OH excluding ortho intramolecular Hbond substituents is 1. The van der Waals surface area contributed by atoms with Crippen LogP contribution in [-0.4, -0.2) is 11.0 Å². The Morgan fingerprint density at radius 2 is 1.47 bits per heavy atom. The van der Waals surface area contributed by atoms with Crippen molar-refractivity contribution in [2.75, 3.05) is 5.32 Å². The summed E-state index contributed by atoms with van der Waals surface area (Å²) in [5.41, 5.74) is -4.75. The number of benzene rings is 2. The van der Waals surface area contributed by atoms with Crippen molar-refractivity contribution in [1.82, 2.24) is 0 Å². The number of hydrogen-bond donors (Lipinski definition) is 2. The van der Waals surface area contributed by atoms with Crippen LogP contribution in [0.5, 0.6) is 5.75 Å². The normalized spacial score (nSPS) is 11.2. The second kappa shape index (κ2) is 8.17. The summed E-state index contributed by atoms with van der Waals surface area (Å²) in [7, 11) is 0. The molecule has 2 N–H and O–H groups in total. The number of carbonyl (C=O) groups excluding carboxylic acids is 1. The van der Waals surface area contributed by atoms with E-state index in [-0.39, 0.29) is 17.2 Å². The lowest BCUT2D eigenvalue weighted by atomic mass is 10.1. The van der Waals surface area contributed by atoms with Crippen LogP contribution in [0, 0.1) is 22.7 Å². The monoisotopic (exact) mass is 425 g/mol. The molecule has 2 aromatic rings. The number of nitrogens with one attached hydrogen (secondary N) is 1. The Morgan fingerprint density at radius 1 is 0.933 bits per heavy atom. The van der Waals surface area contributed by atoms with Gasteiger partial charge in [-0.1, -0.05) is 6.07 Å². The molecule has 0 radical (unpaired) electrons. The van der Waals surface area contributed by atoms with Crippen molar-refractivity contribution >= 4 is 17.7 Å². The number of halogens is 6. The molecule has 2 aromatic carbocycles. The van der Waals surface area contributed by atoms with Crippen molar-refractivity contribution in [2.24, 2.45) is 0 Å². The number of nitriles is 2. The van der Waals surface area contributed by atoms with Gasteiger partial charge in [-0.2, -0.15) is 36.9 Å². The van der Waals surface area contributed by atoms with Gasteiger partial charge in [0.25, 0.3) is 5.91 Å². The average Bonchev–Trinajstić information content (AvgIpc) is 2.65. The van der Waals surface area contributed by atoms with E-state index in [0.717, 1.165) is 18.2 Å². The number of allylic oxidation sites excluding steroid dienone is 1. The zero-order chi connectivity index (χ0) is 22.7. The number of rotatable bonds is 3. The highest BCUT2D eigenvalue weighted by atomic mass is 19.4. The predicted molar refractivity (Wildman–Crippen MR) is 91.7 cm³/mol. The second-order valence-corrected chi connectivity index (χ2v) is 5.81. The number of alkyl halides is 6. The third kappa shape index (κ3) is 5.29. The standard InChI is InChI=1S/C19H9F6N3O2/c20-18(21,22)12-5-13(19(23,24)25)7-14(6-12)28-17(30)15-4-10(1-2-16(15)29)3-11(8-26)9-27/h1-7,29H,(H,28,30). The van der Waals surface area contributed by atoms with Gasteiger partial charge < -0.3 is 10.4 Å². The third-order valence-corrected chi connectivity index (χ3v) is 3.66. The van der Waals surface area contributed by atoms with Gasteiger partial charge in [0.05, 0.1) is 16.7 Å². The molecular weight excluding hydrogens is 416 g/mol. The molecule has 0 bridgehead atoms. The fourth-order valence-electron chi connectivity index (χ4n) is 2.31. The fourth-order valence-corrected chi connectivity index (χ4v) is 2.31.